The maximum absolute atomic E-state index is 6.47. The van der Waals surface area contributed by atoms with Crippen LogP contribution in [0.3, 0.4) is 0 Å². The highest BCUT2D eigenvalue weighted by molar-refractivity contribution is 5.20. The molecule has 0 spiro atoms. The Bertz CT molecular complexity index is 419. The molecule has 0 aromatic heterocycles. The molecule has 1 saturated carbocycles. The average Bonchev–Trinajstić information content (AvgIpc) is 3.09. The van der Waals surface area contributed by atoms with E-state index < -0.39 is 0 Å². The van der Waals surface area contributed by atoms with Gasteiger partial charge in [-0.2, -0.15) is 0 Å². The monoisotopic (exact) mass is 287 g/mol. The van der Waals surface area contributed by atoms with E-state index in [1.807, 2.05) is 0 Å². The molecule has 0 amide bonds. The van der Waals surface area contributed by atoms with Crippen LogP contribution < -0.4 is 5.73 Å². The van der Waals surface area contributed by atoms with Crippen molar-refractivity contribution in [1.29, 1.82) is 0 Å². The molecule has 2 N–H and O–H groups in total. The molecule has 2 atom stereocenters. The number of nitrogens with zero attached hydrogens (tertiary/aromatic N) is 2. The molecule has 1 saturated heterocycles. The molecular weight excluding hydrogens is 258 g/mol. The minimum atomic E-state index is 0.115. The Morgan fingerprint density at radius 2 is 1.62 bits per heavy atom. The third-order valence-electron chi connectivity index (χ3n) is 5.47. The predicted molar refractivity (Wildman–Crippen MR) is 88.2 cm³/mol. The molecule has 2 fully saturated rings. The van der Waals surface area contributed by atoms with Crippen LogP contribution in [0.2, 0.25) is 0 Å². The molecule has 3 rings (SSSR count). The summed E-state index contributed by atoms with van der Waals surface area (Å²) in [5.41, 5.74) is 7.72. The van der Waals surface area contributed by atoms with E-state index in [-0.39, 0.29) is 6.04 Å². The number of hydrogen-bond donors (Lipinski definition) is 1. The van der Waals surface area contributed by atoms with Crippen molar-refractivity contribution in [2.75, 3.05) is 26.2 Å². The largest absolute Gasteiger partial charge is 0.323 e. The van der Waals surface area contributed by atoms with Crippen molar-refractivity contribution in [3.8, 4) is 0 Å². The number of hydrogen-bond acceptors (Lipinski definition) is 3. The fourth-order valence-electron chi connectivity index (χ4n) is 3.96. The number of rotatable bonds is 4. The lowest BCUT2D eigenvalue weighted by atomic mass is 9.99. The molecule has 116 valence electrons. The fourth-order valence-corrected chi connectivity index (χ4v) is 3.96. The minimum Gasteiger partial charge on any atom is -0.323 e. The summed E-state index contributed by atoms with van der Waals surface area (Å²) in [7, 11) is 0. The van der Waals surface area contributed by atoms with Gasteiger partial charge < -0.3 is 5.73 Å². The second-order valence-corrected chi connectivity index (χ2v) is 6.69. The summed E-state index contributed by atoms with van der Waals surface area (Å²) >= 11 is 0. The second-order valence-electron chi connectivity index (χ2n) is 6.69. The summed E-state index contributed by atoms with van der Waals surface area (Å²) in [5, 5.41) is 0. The van der Waals surface area contributed by atoms with Crippen molar-refractivity contribution in [3.63, 3.8) is 0 Å². The first-order valence-corrected chi connectivity index (χ1v) is 8.54. The first kappa shape index (κ1) is 15.0. The lowest BCUT2D eigenvalue weighted by molar-refractivity contribution is 0.0675. The number of piperazine rings is 1. The zero-order valence-corrected chi connectivity index (χ0v) is 13.2. The zero-order chi connectivity index (χ0) is 14.7. The molecule has 1 aromatic carbocycles. The summed E-state index contributed by atoms with van der Waals surface area (Å²) in [6.45, 7) is 7.05. The Hall–Kier alpha value is -0.900. The Morgan fingerprint density at radius 3 is 2.24 bits per heavy atom. The van der Waals surface area contributed by atoms with Gasteiger partial charge in [-0.1, -0.05) is 43.2 Å². The third kappa shape index (κ3) is 3.47. The average molecular weight is 287 g/mol. The summed E-state index contributed by atoms with van der Waals surface area (Å²) in [6.07, 6.45) is 5.69. The molecule has 1 aliphatic carbocycles. The van der Waals surface area contributed by atoms with Gasteiger partial charge in [0.25, 0.3) is 0 Å². The molecule has 0 radical (unpaired) electrons. The van der Waals surface area contributed by atoms with E-state index in [2.05, 4.69) is 47.1 Å². The van der Waals surface area contributed by atoms with Gasteiger partial charge in [0.05, 0.1) is 0 Å². The van der Waals surface area contributed by atoms with Crippen LogP contribution in [0.4, 0.5) is 0 Å². The van der Waals surface area contributed by atoms with Gasteiger partial charge >= 0.3 is 0 Å². The third-order valence-corrected chi connectivity index (χ3v) is 5.47. The van der Waals surface area contributed by atoms with Crippen molar-refractivity contribution in [1.82, 2.24) is 9.80 Å². The van der Waals surface area contributed by atoms with E-state index in [1.165, 1.54) is 44.3 Å². The van der Waals surface area contributed by atoms with Gasteiger partial charge in [-0.3, -0.25) is 9.80 Å². The maximum atomic E-state index is 6.47. The quantitative estimate of drug-likeness (QED) is 0.924. The fraction of sp³-hybridized carbons (Fsp3) is 0.667. The van der Waals surface area contributed by atoms with Gasteiger partial charge in [0.15, 0.2) is 0 Å². The van der Waals surface area contributed by atoms with Crippen molar-refractivity contribution >= 4 is 0 Å². The van der Waals surface area contributed by atoms with Crippen molar-refractivity contribution < 1.29 is 0 Å². The molecular formula is C18H29N3. The van der Waals surface area contributed by atoms with Gasteiger partial charge in [0.1, 0.15) is 0 Å². The minimum absolute atomic E-state index is 0.115. The Labute approximate surface area is 129 Å². The molecule has 21 heavy (non-hydrogen) atoms. The molecule has 2 unspecified atom stereocenters. The van der Waals surface area contributed by atoms with Crippen molar-refractivity contribution in [3.05, 3.63) is 35.9 Å². The van der Waals surface area contributed by atoms with Crippen molar-refractivity contribution in [2.45, 2.75) is 50.7 Å². The van der Waals surface area contributed by atoms with E-state index in [1.54, 1.807) is 0 Å². The molecule has 1 aromatic rings. The zero-order valence-electron chi connectivity index (χ0n) is 13.2. The summed E-state index contributed by atoms with van der Waals surface area (Å²) in [5.74, 6) is 0. The first-order chi connectivity index (χ1) is 10.3. The number of nitrogens with two attached hydrogens (primary N) is 1. The smallest absolute Gasteiger partial charge is 0.0450 e. The van der Waals surface area contributed by atoms with E-state index >= 15 is 0 Å². The van der Waals surface area contributed by atoms with Crippen LogP contribution in [0.25, 0.3) is 0 Å². The topological polar surface area (TPSA) is 32.5 Å². The van der Waals surface area contributed by atoms with E-state index in [4.69, 9.17) is 5.73 Å². The summed E-state index contributed by atoms with van der Waals surface area (Å²) in [4.78, 5) is 5.29. The lowest BCUT2D eigenvalue weighted by Crippen LogP contribution is -2.54. The maximum Gasteiger partial charge on any atom is 0.0450 e. The molecule has 1 aliphatic heterocycles. The SMILES string of the molecule is CC(C(N)c1ccccc1)N1CCN(C2CCCC2)CC1. The van der Waals surface area contributed by atoms with E-state index in [9.17, 15) is 0 Å². The highest BCUT2D eigenvalue weighted by Gasteiger charge is 2.29. The lowest BCUT2D eigenvalue weighted by Gasteiger charge is -2.42. The molecule has 2 aliphatic rings. The van der Waals surface area contributed by atoms with Crippen LogP contribution in [0, 0.1) is 0 Å². The summed E-state index contributed by atoms with van der Waals surface area (Å²) < 4.78 is 0. The van der Waals surface area contributed by atoms with Gasteiger partial charge in [0, 0.05) is 44.3 Å². The molecule has 3 heteroatoms. The first-order valence-electron chi connectivity index (χ1n) is 8.54. The standard InChI is InChI=1S/C18H29N3/c1-15(18(19)16-7-3-2-4-8-16)20-11-13-21(14-12-20)17-9-5-6-10-17/h2-4,7-8,15,17-18H,5-6,9-14,19H2,1H3. The Balaban J connectivity index is 1.53. The molecule has 1 heterocycles. The van der Waals surface area contributed by atoms with Crippen LogP contribution in [0.15, 0.2) is 30.3 Å². The van der Waals surface area contributed by atoms with Crippen LogP contribution in [-0.4, -0.2) is 48.1 Å². The van der Waals surface area contributed by atoms with Crippen LogP contribution in [0.5, 0.6) is 0 Å². The van der Waals surface area contributed by atoms with Crippen LogP contribution in [0.1, 0.15) is 44.2 Å². The number of benzene rings is 1. The Kier molecular flexibility index (Phi) is 4.94. The second kappa shape index (κ2) is 6.91. The highest BCUT2D eigenvalue weighted by atomic mass is 15.3. The predicted octanol–water partition coefficient (Wildman–Crippen LogP) is 2.64. The van der Waals surface area contributed by atoms with Crippen LogP contribution >= 0.6 is 0 Å². The normalized spacial score (nSPS) is 25.0. The molecule has 3 nitrogen and oxygen atoms in total. The van der Waals surface area contributed by atoms with Gasteiger partial charge in [-0.15, -0.1) is 0 Å². The molecule has 0 bridgehead atoms. The Morgan fingerprint density at radius 1 is 1.00 bits per heavy atom. The van der Waals surface area contributed by atoms with Gasteiger partial charge in [-0.25, -0.2) is 0 Å². The van der Waals surface area contributed by atoms with Gasteiger partial charge in [0.2, 0.25) is 0 Å². The van der Waals surface area contributed by atoms with E-state index in [0.29, 0.717) is 6.04 Å². The van der Waals surface area contributed by atoms with Crippen LogP contribution in [-0.2, 0) is 0 Å². The summed E-state index contributed by atoms with van der Waals surface area (Å²) in [6, 6.07) is 11.9. The van der Waals surface area contributed by atoms with E-state index in [0.717, 1.165) is 19.1 Å². The van der Waals surface area contributed by atoms with Gasteiger partial charge in [-0.05, 0) is 25.3 Å². The van der Waals surface area contributed by atoms with Crippen molar-refractivity contribution in [2.24, 2.45) is 5.73 Å². The highest BCUT2D eigenvalue weighted by Crippen LogP contribution is 2.26.